The van der Waals surface area contributed by atoms with Crippen LogP contribution >= 0.6 is 0 Å². The molecule has 3 saturated carbocycles. The van der Waals surface area contributed by atoms with Gasteiger partial charge in [0.1, 0.15) is 0 Å². The third kappa shape index (κ3) is 1.79. The van der Waals surface area contributed by atoms with E-state index in [9.17, 15) is 5.11 Å². The third-order valence-electron chi connectivity index (χ3n) is 8.29. The second-order valence-electron chi connectivity index (χ2n) is 9.12. The molecule has 0 aliphatic heterocycles. The monoisotopic (exact) mass is 288 g/mol. The summed E-state index contributed by atoms with van der Waals surface area (Å²) in [6.45, 7) is 7.45. The second kappa shape index (κ2) is 4.60. The minimum atomic E-state index is -0.0325. The van der Waals surface area contributed by atoms with Gasteiger partial charge in [0.05, 0.1) is 6.10 Å². The van der Waals surface area contributed by atoms with Crippen LogP contribution in [-0.2, 0) is 0 Å². The summed E-state index contributed by atoms with van der Waals surface area (Å²) in [7, 11) is 0. The summed E-state index contributed by atoms with van der Waals surface area (Å²) in [5, 5.41) is 10.5. The summed E-state index contributed by atoms with van der Waals surface area (Å²) in [5.74, 6) is 3.32. The van der Waals surface area contributed by atoms with Gasteiger partial charge in [-0.3, -0.25) is 0 Å². The Kier molecular flexibility index (Phi) is 3.13. The molecule has 7 atom stereocenters. The maximum absolute atomic E-state index is 10.5. The molecule has 0 bridgehead atoms. The smallest absolute Gasteiger partial charge is 0.0596 e. The molecule has 4 aliphatic carbocycles. The van der Waals surface area contributed by atoms with Crippen LogP contribution in [-0.4, -0.2) is 11.2 Å². The van der Waals surface area contributed by atoms with Crippen LogP contribution in [0.5, 0.6) is 0 Å². The van der Waals surface area contributed by atoms with Crippen molar-refractivity contribution in [1.82, 2.24) is 0 Å². The first-order chi connectivity index (χ1) is 9.97. The van der Waals surface area contributed by atoms with Crippen LogP contribution in [0.1, 0.15) is 72.1 Å². The molecule has 0 aromatic heterocycles. The van der Waals surface area contributed by atoms with Gasteiger partial charge in [-0.2, -0.15) is 0 Å². The Bertz CT molecular complexity index is 466. The summed E-state index contributed by atoms with van der Waals surface area (Å²) in [6.07, 6.45) is 13.0. The molecular weight excluding hydrogens is 256 g/mol. The Hall–Kier alpha value is -0.300. The highest BCUT2D eigenvalue weighted by Crippen LogP contribution is 2.66. The Labute approximate surface area is 130 Å². The van der Waals surface area contributed by atoms with Gasteiger partial charge in [-0.05, 0) is 85.9 Å². The Balaban J connectivity index is 1.72. The average Bonchev–Trinajstić information content (AvgIpc) is 2.75. The molecule has 0 heterocycles. The molecule has 118 valence electrons. The highest BCUT2D eigenvalue weighted by atomic mass is 16.3. The van der Waals surface area contributed by atoms with Crippen molar-refractivity contribution in [3.05, 3.63) is 11.6 Å². The lowest BCUT2D eigenvalue weighted by Crippen LogP contribution is -2.52. The lowest BCUT2D eigenvalue weighted by Gasteiger charge is -2.59. The van der Waals surface area contributed by atoms with Crippen molar-refractivity contribution in [2.45, 2.75) is 78.2 Å². The number of hydrogen-bond donors (Lipinski definition) is 1. The maximum Gasteiger partial charge on any atom is 0.0596 e. The number of rotatable bonds is 0. The van der Waals surface area contributed by atoms with Crippen LogP contribution < -0.4 is 0 Å². The van der Waals surface area contributed by atoms with Crippen molar-refractivity contribution in [2.75, 3.05) is 0 Å². The van der Waals surface area contributed by atoms with Crippen LogP contribution in [0.4, 0.5) is 0 Å². The molecule has 1 nitrogen and oxygen atoms in total. The summed E-state index contributed by atoms with van der Waals surface area (Å²) >= 11 is 0. The lowest BCUT2D eigenvalue weighted by atomic mass is 9.46. The quantitative estimate of drug-likeness (QED) is 0.626. The topological polar surface area (TPSA) is 20.2 Å². The summed E-state index contributed by atoms with van der Waals surface area (Å²) in [4.78, 5) is 0. The molecule has 0 aromatic rings. The number of allylic oxidation sites excluding steroid dienone is 2. The van der Waals surface area contributed by atoms with Crippen LogP contribution in [0, 0.1) is 34.5 Å². The fraction of sp³-hybridized carbons (Fsp3) is 0.900. The molecule has 0 unspecified atom stereocenters. The van der Waals surface area contributed by atoms with Gasteiger partial charge < -0.3 is 5.11 Å². The van der Waals surface area contributed by atoms with Crippen molar-refractivity contribution >= 4 is 0 Å². The first-order valence-corrected chi connectivity index (χ1v) is 9.35. The fourth-order valence-corrected chi connectivity index (χ4v) is 7.18. The second-order valence-corrected chi connectivity index (χ2v) is 9.12. The molecule has 4 rings (SSSR count). The molecule has 1 heteroatoms. The van der Waals surface area contributed by atoms with Crippen molar-refractivity contribution < 1.29 is 5.11 Å². The molecule has 0 amide bonds. The first-order valence-electron chi connectivity index (χ1n) is 9.35. The molecule has 0 radical (unpaired) electrons. The van der Waals surface area contributed by atoms with Gasteiger partial charge >= 0.3 is 0 Å². The zero-order valence-corrected chi connectivity index (χ0v) is 14.1. The van der Waals surface area contributed by atoms with Crippen molar-refractivity contribution in [3.8, 4) is 0 Å². The summed E-state index contributed by atoms with van der Waals surface area (Å²) in [5.41, 5.74) is 2.51. The Morgan fingerprint density at radius 1 is 1.10 bits per heavy atom. The fourth-order valence-electron chi connectivity index (χ4n) is 7.18. The van der Waals surface area contributed by atoms with Gasteiger partial charge in [0.25, 0.3) is 0 Å². The van der Waals surface area contributed by atoms with Crippen molar-refractivity contribution in [1.29, 1.82) is 0 Å². The zero-order chi connectivity index (χ0) is 14.8. The number of aliphatic hydroxyl groups is 1. The van der Waals surface area contributed by atoms with E-state index in [1.54, 1.807) is 5.57 Å². The lowest BCUT2D eigenvalue weighted by molar-refractivity contribution is -0.0811. The van der Waals surface area contributed by atoms with Gasteiger partial charge in [0, 0.05) is 0 Å². The average molecular weight is 288 g/mol. The van der Waals surface area contributed by atoms with Crippen molar-refractivity contribution in [3.63, 3.8) is 0 Å². The number of aliphatic hydroxyl groups excluding tert-OH is 1. The number of hydrogen-bond acceptors (Lipinski definition) is 1. The summed E-state index contributed by atoms with van der Waals surface area (Å²) in [6, 6.07) is 0. The minimum Gasteiger partial charge on any atom is -0.393 e. The minimum absolute atomic E-state index is 0.0325. The van der Waals surface area contributed by atoms with E-state index in [4.69, 9.17) is 0 Å². The SMILES string of the molecule is C[C@H]1C[C@H]2[C@@H]3CC[C@H](O)[C@@]3(C)CC[C@@H]2[C@@]2(C)CCCC=C12. The number of fused-ring (bicyclic) bond motifs is 5. The van der Waals surface area contributed by atoms with Crippen LogP contribution in [0.2, 0.25) is 0 Å². The van der Waals surface area contributed by atoms with E-state index in [0.29, 0.717) is 5.41 Å². The van der Waals surface area contributed by atoms with E-state index < -0.39 is 0 Å². The Morgan fingerprint density at radius 3 is 2.71 bits per heavy atom. The van der Waals surface area contributed by atoms with Crippen molar-refractivity contribution in [2.24, 2.45) is 34.5 Å². The molecule has 21 heavy (non-hydrogen) atoms. The summed E-state index contributed by atoms with van der Waals surface area (Å²) < 4.78 is 0. The largest absolute Gasteiger partial charge is 0.393 e. The molecule has 3 fully saturated rings. The molecule has 0 saturated heterocycles. The molecule has 0 spiro atoms. The normalized spacial score (nSPS) is 56.2. The molecule has 4 aliphatic rings. The van der Waals surface area contributed by atoms with E-state index in [-0.39, 0.29) is 11.5 Å². The molecule has 1 N–H and O–H groups in total. The third-order valence-corrected chi connectivity index (χ3v) is 8.29. The predicted octanol–water partition coefficient (Wildman–Crippen LogP) is 4.95. The highest BCUT2D eigenvalue weighted by Gasteiger charge is 2.59. The van der Waals surface area contributed by atoms with Gasteiger partial charge in [0.15, 0.2) is 0 Å². The highest BCUT2D eigenvalue weighted by molar-refractivity contribution is 5.26. The van der Waals surface area contributed by atoms with Crippen LogP contribution in [0.3, 0.4) is 0 Å². The van der Waals surface area contributed by atoms with E-state index in [1.165, 1.54) is 44.9 Å². The standard InChI is InChI=1S/C20H32O/c1-13-12-14-16-7-8-18(21)20(16,3)11-9-17(14)19(2)10-5-4-6-15(13)19/h6,13-14,16-18,21H,4-5,7-12H2,1-3H3/t13-,14-,16-,17-,18-,19-,20-/m0/s1. The Morgan fingerprint density at radius 2 is 1.90 bits per heavy atom. The van der Waals surface area contributed by atoms with E-state index in [0.717, 1.165) is 30.1 Å². The van der Waals surface area contributed by atoms with E-state index >= 15 is 0 Å². The van der Waals surface area contributed by atoms with Crippen LogP contribution in [0.15, 0.2) is 11.6 Å². The van der Waals surface area contributed by atoms with E-state index in [2.05, 4.69) is 26.8 Å². The van der Waals surface area contributed by atoms with Gasteiger partial charge in [-0.15, -0.1) is 0 Å². The maximum atomic E-state index is 10.5. The van der Waals surface area contributed by atoms with E-state index in [1.807, 2.05) is 0 Å². The molecular formula is C20H32O. The predicted molar refractivity (Wildman–Crippen MR) is 86.9 cm³/mol. The zero-order valence-electron chi connectivity index (χ0n) is 14.1. The van der Waals surface area contributed by atoms with Gasteiger partial charge in [-0.25, -0.2) is 0 Å². The first kappa shape index (κ1) is 14.3. The van der Waals surface area contributed by atoms with Crippen LogP contribution in [0.25, 0.3) is 0 Å². The molecule has 0 aromatic carbocycles. The van der Waals surface area contributed by atoms with Gasteiger partial charge in [0.2, 0.25) is 0 Å². The van der Waals surface area contributed by atoms with Gasteiger partial charge in [-0.1, -0.05) is 32.4 Å².